The summed E-state index contributed by atoms with van der Waals surface area (Å²) >= 11 is 13.6. The number of halogens is 2. The summed E-state index contributed by atoms with van der Waals surface area (Å²) in [6, 6.07) is 14.9. The average Bonchev–Trinajstić information content (AvgIpc) is 3.09. The largest absolute Gasteiger partial charge is 0.495 e. The Kier molecular flexibility index (Phi) is 4.91. The van der Waals surface area contributed by atoms with Crippen molar-refractivity contribution in [2.45, 2.75) is 6.54 Å². The van der Waals surface area contributed by atoms with Crippen LogP contribution in [0, 0.1) is 0 Å². The minimum Gasteiger partial charge on any atom is -0.495 e. The van der Waals surface area contributed by atoms with E-state index in [9.17, 15) is 4.79 Å². The normalized spacial score (nSPS) is 11.1. The Hall–Kier alpha value is -2.34. The summed E-state index contributed by atoms with van der Waals surface area (Å²) in [5.74, 6) is 0.439. The number of thiophene rings is 1. The van der Waals surface area contributed by atoms with E-state index in [4.69, 9.17) is 27.9 Å². The van der Waals surface area contributed by atoms with Gasteiger partial charge in [-0.3, -0.25) is 4.79 Å². The number of nitrogens with one attached hydrogen (secondary N) is 1. The van der Waals surface area contributed by atoms with Crippen LogP contribution >= 0.6 is 34.5 Å². The van der Waals surface area contributed by atoms with Crippen LogP contribution in [0.5, 0.6) is 5.75 Å². The predicted molar refractivity (Wildman–Crippen MR) is 111 cm³/mol. The number of fused-ring (bicyclic) bond motifs is 2. The van der Waals surface area contributed by atoms with Crippen molar-refractivity contribution in [3.63, 3.8) is 0 Å². The molecule has 2 aromatic carbocycles. The summed E-state index contributed by atoms with van der Waals surface area (Å²) in [5, 5.41) is 5.87. The molecule has 0 atom stereocenters. The van der Waals surface area contributed by atoms with Crippen molar-refractivity contribution in [3.8, 4) is 5.75 Å². The smallest absolute Gasteiger partial charge is 0.261 e. The van der Waals surface area contributed by atoms with Gasteiger partial charge in [-0.25, -0.2) is 4.98 Å². The first-order valence-electron chi connectivity index (χ1n) is 8.14. The fraction of sp³-hybridized carbons (Fsp3) is 0.100. The molecular weight excluding hydrogens is 403 g/mol. The number of amides is 1. The molecule has 0 bridgehead atoms. The highest BCUT2D eigenvalue weighted by atomic mass is 35.5. The molecule has 0 aliphatic heterocycles. The highest BCUT2D eigenvalue weighted by Crippen LogP contribution is 2.35. The molecule has 0 aliphatic rings. The molecule has 4 aromatic rings. The van der Waals surface area contributed by atoms with E-state index in [1.165, 1.54) is 11.3 Å². The van der Waals surface area contributed by atoms with Gasteiger partial charge in [0.1, 0.15) is 15.6 Å². The standard InChI is InChI=1S/C20H14Cl2N2O2S/c1-26-15-7-4-12-8-13-9-16(27-20(13)24-18(12)17(15)22)19(25)23-10-11-2-5-14(21)6-3-11/h2-9H,10H2,1H3,(H,23,25). The molecule has 0 unspecified atom stereocenters. The maximum atomic E-state index is 12.5. The van der Waals surface area contributed by atoms with E-state index in [-0.39, 0.29) is 5.91 Å². The first-order chi connectivity index (χ1) is 13.0. The van der Waals surface area contributed by atoms with Crippen LogP contribution in [-0.4, -0.2) is 18.0 Å². The number of carbonyl (C=O) groups is 1. The third kappa shape index (κ3) is 3.58. The summed E-state index contributed by atoms with van der Waals surface area (Å²) in [5.41, 5.74) is 1.65. The number of aromatic nitrogens is 1. The Balaban J connectivity index is 1.62. The summed E-state index contributed by atoms with van der Waals surface area (Å²) < 4.78 is 5.25. The second-order valence-corrected chi connectivity index (χ2v) is 7.80. The average molecular weight is 417 g/mol. The second kappa shape index (κ2) is 7.35. The lowest BCUT2D eigenvalue weighted by molar-refractivity contribution is 0.0955. The van der Waals surface area contributed by atoms with Gasteiger partial charge < -0.3 is 10.1 Å². The molecule has 0 spiro atoms. The minimum atomic E-state index is -0.138. The number of ether oxygens (including phenoxy) is 1. The molecular formula is C20H14Cl2N2O2S. The fourth-order valence-corrected chi connectivity index (χ4v) is 4.14. The van der Waals surface area contributed by atoms with Crippen LogP contribution in [0.4, 0.5) is 0 Å². The van der Waals surface area contributed by atoms with E-state index in [0.717, 1.165) is 21.2 Å². The van der Waals surface area contributed by atoms with Gasteiger partial charge in [-0.1, -0.05) is 35.3 Å². The van der Waals surface area contributed by atoms with Gasteiger partial charge >= 0.3 is 0 Å². The van der Waals surface area contributed by atoms with Gasteiger partial charge in [-0.15, -0.1) is 11.3 Å². The molecule has 2 aromatic heterocycles. The first kappa shape index (κ1) is 18.0. The van der Waals surface area contributed by atoms with Crippen LogP contribution in [0.15, 0.2) is 48.5 Å². The fourth-order valence-electron chi connectivity index (χ4n) is 2.79. The van der Waals surface area contributed by atoms with Crippen molar-refractivity contribution in [2.75, 3.05) is 7.11 Å². The molecule has 0 saturated carbocycles. The van der Waals surface area contributed by atoms with E-state index in [1.54, 1.807) is 19.2 Å². The number of methoxy groups -OCH3 is 1. The number of rotatable bonds is 4. The van der Waals surface area contributed by atoms with Gasteiger partial charge in [0, 0.05) is 22.3 Å². The monoisotopic (exact) mass is 416 g/mol. The maximum Gasteiger partial charge on any atom is 0.261 e. The number of hydrogen-bond acceptors (Lipinski definition) is 4. The van der Waals surface area contributed by atoms with Crippen molar-refractivity contribution >= 4 is 61.6 Å². The lowest BCUT2D eigenvalue weighted by Gasteiger charge is -2.05. The topological polar surface area (TPSA) is 51.2 Å². The second-order valence-electron chi connectivity index (χ2n) is 5.96. The van der Waals surface area contributed by atoms with Gasteiger partial charge in [0.15, 0.2) is 0 Å². The zero-order valence-electron chi connectivity index (χ0n) is 14.3. The Morgan fingerprint density at radius 1 is 1.11 bits per heavy atom. The number of benzene rings is 2. The van der Waals surface area contributed by atoms with Crippen molar-refractivity contribution in [1.82, 2.24) is 10.3 Å². The Morgan fingerprint density at radius 3 is 2.63 bits per heavy atom. The number of carbonyl (C=O) groups excluding carboxylic acids is 1. The Morgan fingerprint density at radius 2 is 1.89 bits per heavy atom. The van der Waals surface area contributed by atoms with E-state index < -0.39 is 0 Å². The SMILES string of the molecule is COc1ccc2cc3cc(C(=O)NCc4ccc(Cl)cc4)sc3nc2c1Cl. The third-order valence-corrected chi connectivity index (χ3v) is 5.85. The molecule has 0 fully saturated rings. The molecule has 2 heterocycles. The zero-order valence-corrected chi connectivity index (χ0v) is 16.6. The van der Waals surface area contributed by atoms with Crippen LogP contribution in [0.25, 0.3) is 21.1 Å². The third-order valence-electron chi connectivity index (χ3n) is 4.19. The van der Waals surface area contributed by atoms with Crippen molar-refractivity contribution in [3.05, 3.63) is 69.0 Å². The van der Waals surface area contributed by atoms with Crippen LogP contribution in [-0.2, 0) is 6.54 Å². The van der Waals surface area contributed by atoms with Crippen molar-refractivity contribution < 1.29 is 9.53 Å². The molecule has 4 nitrogen and oxygen atoms in total. The van der Waals surface area contributed by atoms with Crippen molar-refractivity contribution in [2.24, 2.45) is 0 Å². The van der Waals surface area contributed by atoms with Gasteiger partial charge in [0.2, 0.25) is 0 Å². The molecule has 0 radical (unpaired) electrons. The van der Waals surface area contributed by atoms with Gasteiger partial charge in [-0.2, -0.15) is 0 Å². The highest BCUT2D eigenvalue weighted by Gasteiger charge is 2.14. The Labute approximate surface area is 169 Å². The minimum absolute atomic E-state index is 0.138. The number of hydrogen-bond donors (Lipinski definition) is 1. The Bertz CT molecular complexity index is 1160. The van der Waals surface area contributed by atoms with Gasteiger partial charge in [-0.05, 0) is 42.0 Å². The van der Waals surface area contributed by atoms with Crippen LogP contribution in [0.1, 0.15) is 15.2 Å². The van der Waals surface area contributed by atoms with Crippen LogP contribution < -0.4 is 10.1 Å². The highest BCUT2D eigenvalue weighted by molar-refractivity contribution is 7.20. The van der Waals surface area contributed by atoms with E-state index in [1.807, 2.05) is 36.4 Å². The van der Waals surface area contributed by atoms with Crippen LogP contribution in [0.3, 0.4) is 0 Å². The summed E-state index contributed by atoms with van der Waals surface area (Å²) in [6.45, 7) is 0.433. The lowest BCUT2D eigenvalue weighted by atomic mass is 10.2. The summed E-state index contributed by atoms with van der Waals surface area (Å²) in [6.07, 6.45) is 0. The van der Waals surface area contributed by atoms with Gasteiger partial charge in [0.05, 0.1) is 17.5 Å². The van der Waals surface area contributed by atoms with Crippen LogP contribution in [0.2, 0.25) is 10.0 Å². The molecule has 1 N–H and O–H groups in total. The molecule has 7 heteroatoms. The quantitative estimate of drug-likeness (QED) is 0.464. The molecule has 136 valence electrons. The number of pyridine rings is 1. The molecule has 4 rings (SSSR count). The van der Waals surface area contributed by atoms with Crippen molar-refractivity contribution in [1.29, 1.82) is 0 Å². The molecule has 27 heavy (non-hydrogen) atoms. The first-order valence-corrected chi connectivity index (χ1v) is 9.72. The molecule has 0 aliphatic carbocycles. The number of nitrogens with zero attached hydrogens (tertiary/aromatic N) is 1. The summed E-state index contributed by atoms with van der Waals surface area (Å²) in [7, 11) is 1.57. The van der Waals surface area contributed by atoms with Gasteiger partial charge in [0.25, 0.3) is 5.91 Å². The molecule has 0 saturated heterocycles. The van der Waals surface area contributed by atoms with E-state index in [2.05, 4.69) is 10.3 Å². The van der Waals surface area contributed by atoms with E-state index >= 15 is 0 Å². The molecule has 1 amide bonds. The zero-order chi connectivity index (χ0) is 19.0. The van der Waals surface area contributed by atoms with E-state index in [0.29, 0.717) is 32.7 Å². The predicted octanol–water partition coefficient (Wildman–Crippen LogP) is 5.69. The maximum absolute atomic E-state index is 12.5. The summed E-state index contributed by atoms with van der Waals surface area (Å²) in [4.78, 5) is 18.5. The lowest BCUT2D eigenvalue weighted by Crippen LogP contribution is -2.21.